The Kier molecular flexibility index (Phi) is 2.69. The molecule has 0 aliphatic heterocycles. The minimum atomic E-state index is 0.730. The van der Waals surface area contributed by atoms with E-state index in [0.29, 0.717) is 0 Å². The van der Waals surface area contributed by atoms with Crippen LogP contribution in [-0.2, 0) is 6.54 Å². The first-order chi connectivity index (χ1) is 6.84. The second-order valence-corrected chi connectivity index (χ2v) is 3.83. The van der Waals surface area contributed by atoms with Gasteiger partial charge >= 0.3 is 0 Å². The molecular formula is C9H10N4S. The van der Waals surface area contributed by atoms with Gasteiger partial charge in [-0.1, -0.05) is 10.6 Å². The molecule has 0 bridgehead atoms. The summed E-state index contributed by atoms with van der Waals surface area (Å²) in [4.78, 5) is 5.33. The lowest BCUT2D eigenvalue weighted by atomic mass is 10.3. The summed E-state index contributed by atoms with van der Waals surface area (Å²) in [6.07, 6.45) is 3.60. The highest BCUT2D eigenvalue weighted by atomic mass is 32.1. The molecule has 14 heavy (non-hydrogen) atoms. The highest BCUT2D eigenvalue weighted by Gasteiger charge is 1.96. The molecule has 0 fully saturated rings. The van der Waals surface area contributed by atoms with Crippen molar-refractivity contribution in [3.8, 4) is 0 Å². The summed E-state index contributed by atoms with van der Waals surface area (Å²) < 4.78 is 3.78. The number of pyridine rings is 1. The van der Waals surface area contributed by atoms with Crippen LogP contribution in [0.2, 0.25) is 0 Å². The topological polar surface area (TPSA) is 50.7 Å². The van der Waals surface area contributed by atoms with Gasteiger partial charge in [0.2, 0.25) is 0 Å². The molecule has 5 heteroatoms. The molecule has 0 radical (unpaired) electrons. The van der Waals surface area contributed by atoms with Gasteiger partial charge in [0, 0.05) is 6.20 Å². The molecular weight excluding hydrogens is 196 g/mol. The molecule has 4 nitrogen and oxygen atoms in total. The molecule has 0 aliphatic rings. The highest BCUT2D eigenvalue weighted by molar-refractivity contribution is 7.05. The summed E-state index contributed by atoms with van der Waals surface area (Å²) in [6.45, 7) is 2.75. The molecule has 0 amide bonds. The quantitative estimate of drug-likeness (QED) is 0.832. The average molecular weight is 206 g/mol. The molecule has 0 atom stereocenters. The van der Waals surface area contributed by atoms with E-state index in [4.69, 9.17) is 0 Å². The van der Waals surface area contributed by atoms with E-state index in [0.717, 1.165) is 22.8 Å². The maximum atomic E-state index is 4.23. The molecule has 0 aliphatic carbocycles. The zero-order valence-electron chi connectivity index (χ0n) is 7.77. The van der Waals surface area contributed by atoms with Crippen molar-refractivity contribution >= 4 is 17.4 Å². The lowest BCUT2D eigenvalue weighted by molar-refractivity contribution is 1.10. The van der Waals surface area contributed by atoms with Crippen LogP contribution in [0.1, 0.15) is 10.4 Å². The van der Waals surface area contributed by atoms with Crippen molar-refractivity contribution < 1.29 is 0 Å². The molecule has 2 aromatic heterocycles. The van der Waals surface area contributed by atoms with Gasteiger partial charge in [-0.25, -0.2) is 4.98 Å². The molecule has 0 saturated heterocycles. The van der Waals surface area contributed by atoms with Crippen molar-refractivity contribution in [3.63, 3.8) is 0 Å². The first-order valence-corrected chi connectivity index (χ1v) is 5.05. The van der Waals surface area contributed by atoms with Gasteiger partial charge in [0.05, 0.1) is 17.6 Å². The van der Waals surface area contributed by atoms with Crippen molar-refractivity contribution in [1.29, 1.82) is 0 Å². The van der Waals surface area contributed by atoms with Crippen molar-refractivity contribution in [3.05, 3.63) is 35.0 Å². The molecule has 0 spiro atoms. The minimum Gasteiger partial charge on any atom is -0.365 e. The van der Waals surface area contributed by atoms with Crippen molar-refractivity contribution in [2.75, 3.05) is 5.32 Å². The predicted octanol–water partition coefficient (Wildman–Crippen LogP) is 1.85. The Labute approximate surface area is 86.2 Å². The Balaban J connectivity index is 1.95. The van der Waals surface area contributed by atoms with Gasteiger partial charge in [-0.2, -0.15) is 0 Å². The van der Waals surface area contributed by atoms with E-state index in [1.54, 1.807) is 6.20 Å². The number of hydrogen-bond acceptors (Lipinski definition) is 5. The van der Waals surface area contributed by atoms with Crippen molar-refractivity contribution in [1.82, 2.24) is 14.6 Å². The Morgan fingerprint density at radius 3 is 2.93 bits per heavy atom. The first-order valence-electron chi connectivity index (χ1n) is 4.27. The SMILES string of the molecule is Cc1ccc(NCc2cnns2)nc1. The van der Waals surface area contributed by atoms with E-state index in [9.17, 15) is 0 Å². The zero-order chi connectivity index (χ0) is 9.80. The average Bonchev–Trinajstić information content (AvgIpc) is 2.70. The fourth-order valence-corrected chi connectivity index (χ4v) is 1.45. The molecule has 1 N–H and O–H groups in total. The third-order valence-electron chi connectivity index (χ3n) is 1.76. The summed E-state index contributed by atoms with van der Waals surface area (Å²) >= 11 is 1.39. The second kappa shape index (κ2) is 4.15. The van der Waals surface area contributed by atoms with E-state index in [-0.39, 0.29) is 0 Å². The number of nitrogens with one attached hydrogen (secondary N) is 1. The monoisotopic (exact) mass is 206 g/mol. The van der Waals surface area contributed by atoms with Crippen LogP contribution in [0.3, 0.4) is 0 Å². The fourth-order valence-electron chi connectivity index (χ4n) is 1.02. The van der Waals surface area contributed by atoms with Crippen LogP contribution < -0.4 is 5.32 Å². The summed E-state index contributed by atoms with van der Waals surface area (Å²) in [5.74, 6) is 0.879. The summed E-state index contributed by atoms with van der Waals surface area (Å²) in [6, 6.07) is 3.99. The van der Waals surface area contributed by atoms with Gasteiger partial charge in [0.25, 0.3) is 0 Å². The van der Waals surface area contributed by atoms with Crippen molar-refractivity contribution in [2.45, 2.75) is 13.5 Å². The van der Waals surface area contributed by atoms with E-state index >= 15 is 0 Å². The fraction of sp³-hybridized carbons (Fsp3) is 0.222. The van der Waals surface area contributed by atoms with Gasteiger partial charge in [-0.05, 0) is 30.1 Å². The number of rotatable bonds is 3. The normalized spacial score (nSPS) is 10.1. The molecule has 0 unspecified atom stereocenters. The molecule has 2 aromatic rings. The van der Waals surface area contributed by atoms with Crippen LogP contribution in [0.4, 0.5) is 5.82 Å². The van der Waals surface area contributed by atoms with Crippen LogP contribution in [0.5, 0.6) is 0 Å². The smallest absolute Gasteiger partial charge is 0.126 e. The number of nitrogens with zero attached hydrogens (tertiary/aromatic N) is 3. The maximum absolute atomic E-state index is 4.23. The largest absolute Gasteiger partial charge is 0.365 e. The van der Waals surface area contributed by atoms with Gasteiger partial charge in [0.1, 0.15) is 5.82 Å². The Morgan fingerprint density at radius 1 is 1.36 bits per heavy atom. The standard InChI is InChI=1S/C9H10N4S/c1-7-2-3-9(10-4-7)11-5-8-6-12-13-14-8/h2-4,6H,5H2,1H3,(H,10,11). The van der Waals surface area contributed by atoms with E-state index in [2.05, 4.69) is 19.9 Å². The van der Waals surface area contributed by atoms with E-state index < -0.39 is 0 Å². The Morgan fingerprint density at radius 2 is 2.29 bits per heavy atom. The lowest BCUT2D eigenvalue weighted by Gasteiger charge is -2.02. The number of aromatic nitrogens is 3. The van der Waals surface area contributed by atoms with Crippen molar-refractivity contribution in [2.24, 2.45) is 0 Å². The number of aryl methyl sites for hydroxylation is 1. The van der Waals surface area contributed by atoms with Crippen LogP contribution in [0.15, 0.2) is 24.5 Å². The molecule has 0 aromatic carbocycles. The minimum absolute atomic E-state index is 0.730. The number of hydrogen-bond donors (Lipinski definition) is 1. The highest BCUT2D eigenvalue weighted by Crippen LogP contribution is 2.07. The molecule has 72 valence electrons. The molecule has 0 saturated carbocycles. The maximum Gasteiger partial charge on any atom is 0.126 e. The summed E-state index contributed by atoms with van der Waals surface area (Å²) in [5.41, 5.74) is 1.16. The van der Waals surface area contributed by atoms with Gasteiger partial charge in [0.15, 0.2) is 0 Å². The summed E-state index contributed by atoms with van der Waals surface area (Å²) in [5, 5.41) is 6.95. The van der Waals surface area contributed by atoms with Gasteiger partial charge in [-0.15, -0.1) is 5.10 Å². The van der Waals surface area contributed by atoms with Crippen LogP contribution >= 0.6 is 11.5 Å². The lowest BCUT2D eigenvalue weighted by Crippen LogP contribution is -1.99. The van der Waals surface area contributed by atoms with Gasteiger partial charge in [-0.3, -0.25) is 0 Å². The Hall–Kier alpha value is -1.49. The third-order valence-corrected chi connectivity index (χ3v) is 2.42. The molecule has 2 rings (SSSR count). The van der Waals surface area contributed by atoms with Crippen LogP contribution in [0, 0.1) is 6.92 Å². The van der Waals surface area contributed by atoms with E-state index in [1.807, 2.05) is 25.3 Å². The van der Waals surface area contributed by atoms with Crippen LogP contribution in [-0.4, -0.2) is 14.6 Å². The molecule has 2 heterocycles. The van der Waals surface area contributed by atoms with Gasteiger partial charge < -0.3 is 5.32 Å². The summed E-state index contributed by atoms with van der Waals surface area (Å²) in [7, 11) is 0. The Bertz CT molecular complexity index is 382. The van der Waals surface area contributed by atoms with Crippen LogP contribution in [0.25, 0.3) is 0 Å². The first kappa shape index (κ1) is 9.08. The predicted molar refractivity (Wildman–Crippen MR) is 56.2 cm³/mol. The third kappa shape index (κ3) is 2.26. The van der Waals surface area contributed by atoms with E-state index in [1.165, 1.54) is 11.5 Å². The number of anilines is 1. The second-order valence-electron chi connectivity index (χ2n) is 2.96. The zero-order valence-corrected chi connectivity index (χ0v) is 8.58.